The molecule has 0 aromatic carbocycles. The lowest BCUT2D eigenvalue weighted by atomic mass is 9.99. The summed E-state index contributed by atoms with van der Waals surface area (Å²) in [7, 11) is 0. The molecule has 8 atom stereocenters. The molecule has 1 rings (SSSR count). The highest BCUT2D eigenvalue weighted by atomic mass is 16.7. The number of aliphatic hydroxyl groups is 5. The van der Waals surface area contributed by atoms with E-state index in [2.05, 4.69) is 86.8 Å². The molecule has 84 heavy (non-hydrogen) atoms. The third-order valence-electron chi connectivity index (χ3n) is 16.0. The molecule has 1 fully saturated rings. The summed E-state index contributed by atoms with van der Waals surface area (Å²) in [5.74, 6) is -1.25. The van der Waals surface area contributed by atoms with Gasteiger partial charge in [-0.2, -0.15) is 0 Å². The first-order valence-electron chi connectivity index (χ1n) is 34.9. The van der Waals surface area contributed by atoms with E-state index in [1.54, 1.807) is 6.08 Å². The highest BCUT2D eigenvalue weighted by molar-refractivity contribution is 5.80. The van der Waals surface area contributed by atoms with Crippen LogP contribution in [0.3, 0.4) is 0 Å². The molecule has 0 radical (unpaired) electrons. The molecule has 486 valence electrons. The van der Waals surface area contributed by atoms with Crippen molar-refractivity contribution in [2.75, 3.05) is 13.2 Å². The van der Waals surface area contributed by atoms with E-state index in [4.69, 9.17) is 14.2 Å². The van der Waals surface area contributed by atoms with Gasteiger partial charge in [0.2, 0.25) is 5.91 Å². The van der Waals surface area contributed by atoms with Crippen LogP contribution in [-0.2, 0) is 23.8 Å². The van der Waals surface area contributed by atoms with Crippen molar-refractivity contribution >= 4 is 11.9 Å². The first-order chi connectivity index (χ1) is 41.2. The molecule has 1 aliphatic rings. The Morgan fingerprint density at radius 2 is 0.857 bits per heavy atom. The Balaban J connectivity index is 2.59. The minimum Gasteiger partial charge on any atom is -0.454 e. The lowest BCUT2D eigenvalue weighted by Crippen LogP contribution is -2.61. The number of aliphatic hydroxyl groups excluding tert-OH is 5. The first-order valence-corrected chi connectivity index (χ1v) is 34.9. The summed E-state index contributed by atoms with van der Waals surface area (Å²) >= 11 is 0. The molecule has 0 bridgehead atoms. The molecule has 1 amide bonds. The lowest BCUT2D eigenvalue weighted by molar-refractivity contribution is -0.305. The second-order valence-electron chi connectivity index (χ2n) is 23.9. The number of hydrogen-bond donors (Lipinski definition) is 6. The Morgan fingerprint density at radius 3 is 1.30 bits per heavy atom. The molecule has 0 aliphatic carbocycles. The number of allylic oxidation sites excluding steroid dienone is 13. The Kier molecular flexibility index (Phi) is 56.5. The van der Waals surface area contributed by atoms with E-state index >= 15 is 0 Å². The van der Waals surface area contributed by atoms with Crippen molar-refractivity contribution in [3.05, 3.63) is 85.1 Å². The molecule has 1 saturated heterocycles. The fourth-order valence-electron chi connectivity index (χ4n) is 10.6. The van der Waals surface area contributed by atoms with E-state index < -0.39 is 67.4 Å². The average Bonchev–Trinajstić information content (AvgIpc) is 3.69. The predicted octanol–water partition coefficient (Wildman–Crippen LogP) is 17.7. The van der Waals surface area contributed by atoms with Gasteiger partial charge in [0, 0.05) is 6.42 Å². The van der Waals surface area contributed by atoms with E-state index in [1.807, 2.05) is 18.2 Å². The standard InChI is InChI=1S/C73H129NO10/c1-4-7-10-13-16-19-22-25-27-29-30-31-32-33-34-35-36-37-39-40-42-45-48-51-54-57-60-66(77)72(81)74-64(65(76)59-56-53-50-47-44-24-21-18-15-12-9-6-3)63-82-73-71(70(80)69(79)67(62-75)83-73)84-68(78)61-58-55-52-49-46-43-41-38-28-26-23-20-17-14-11-8-5-2/h8,11,17,20,25-28,41,43,49,52,56,59,64-67,69-71,73,75-77,79-80H,4-7,9-10,12-16,18-19,21-24,29-40,42,44-48,50-51,53-55,57-58,60-63H2,1-3H3,(H,74,81)/b11-8-,20-17-,27-25+,28-26-,43-41-,52-49-,59-56+. The zero-order valence-electron chi connectivity index (χ0n) is 54.0. The monoisotopic (exact) mass is 1180 g/mol. The molecule has 0 spiro atoms. The van der Waals surface area contributed by atoms with Crippen molar-refractivity contribution in [2.24, 2.45) is 0 Å². The SMILES string of the molecule is CC/C=C\C/C=C\C/C=C\C/C=C\C/C=C\CCCC(=O)OC1C(OCC(NC(=O)C(O)CCCCCCCCCCCCCCCCCC/C=C/CCCCCCCC)C(O)/C=C/CCCCCCCCCCCC)OC(CO)C(O)C1O. The van der Waals surface area contributed by atoms with Crippen LogP contribution in [0.2, 0.25) is 0 Å². The zero-order chi connectivity index (χ0) is 61.0. The number of esters is 1. The second-order valence-corrected chi connectivity index (χ2v) is 23.9. The van der Waals surface area contributed by atoms with E-state index in [-0.39, 0.29) is 19.4 Å². The maximum absolute atomic E-state index is 13.5. The summed E-state index contributed by atoms with van der Waals surface area (Å²) < 4.78 is 17.6. The molecule has 0 aromatic rings. The van der Waals surface area contributed by atoms with Gasteiger partial charge in [0.15, 0.2) is 12.4 Å². The van der Waals surface area contributed by atoms with E-state index in [0.29, 0.717) is 19.3 Å². The van der Waals surface area contributed by atoms with Crippen molar-refractivity contribution in [1.82, 2.24) is 5.32 Å². The largest absolute Gasteiger partial charge is 0.454 e. The maximum atomic E-state index is 13.5. The van der Waals surface area contributed by atoms with Gasteiger partial charge in [0.25, 0.3) is 0 Å². The lowest BCUT2D eigenvalue weighted by Gasteiger charge is -2.41. The van der Waals surface area contributed by atoms with Crippen molar-refractivity contribution in [3.8, 4) is 0 Å². The third kappa shape index (κ3) is 47.0. The summed E-state index contributed by atoms with van der Waals surface area (Å²) in [5, 5.41) is 57.1. The third-order valence-corrected chi connectivity index (χ3v) is 16.0. The molecule has 1 aliphatic heterocycles. The van der Waals surface area contributed by atoms with Gasteiger partial charge in [-0.25, -0.2) is 0 Å². The maximum Gasteiger partial charge on any atom is 0.306 e. The van der Waals surface area contributed by atoms with E-state index in [9.17, 15) is 35.1 Å². The minimum atomic E-state index is -1.64. The summed E-state index contributed by atoms with van der Waals surface area (Å²) in [6, 6.07) is -1.04. The van der Waals surface area contributed by atoms with Crippen LogP contribution < -0.4 is 5.32 Å². The number of nitrogens with one attached hydrogen (secondary N) is 1. The number of carbonyl (C=O) groups excluding carboxylic acids is 2. The highest BCUT2D eigenvalue weighted by Gasteiger charge is 2.47. The summed E-state index contributed by atoms with van der Waals surface area (Å²) in [5.41, 5.74) is 0. The topological polar surface area (TPSA) is 175 Å². The van der Waals surface area contributed by atoms with Gasteiger partial charge in [-0.1, -0.05) is 292 Å². The van der Waals surface area contributed by atoms with Gasteiger partial charge in [-0.3, -0.25) is 9.59 Å². The molecule has 0 aromatic heterocycles. The van der Waals surface area contributed by atoms with Crippen molar-refractivity contribution in [3.63, 3.8) is 0 Å². The number of carbonyl (C=O) groups is 2. The zero-order valence-corrected chi connectivity index (χ0v) is 54.0. The molecular formula is C73H129NO10. The fraction of sp³-hybridized carbons (Fsp3) is 0.781. The normalized spacial score (nSPS) is 19.0. The van der Waals surface area contributed by atoms with Gasteiger partial charge in [-0.15, -0.1) is 0 Å². The summed E-state index contributed by atoms with van der Waals surface area (Å²) in [6.07, 6.45) is 69.3. The Labute approximate surface area is 514 Å². The first kappa shape index (κ1) is 78.9. The molecule has 11 heteroatoms. The second kappa shape index (κ2) is 60.1. The fourth-order valence-corrected chi connectivity index (χ4v) is 10.6. The number of rotatable bonds is 59. The number of unbranched alkanes of at least 4 members (excludes halogenated alkanes) is 33. The predicted molar refractivity (Wildman–Crippen MR) is 352 cm³/mol. The number of ether oxygens (including phenoxy) is 3. The van der Waals surface area contributed by atoms with E-state index in [0.717, 1.165) is 70.6 Å². The molecule has 1 heterocycles. The van der Waals surface area contributed by atoms with Gasteiger partial charge < -0.3 is 45.1 Å². The van der Waals surface area contributed by atoms with Crippen LogP contribution in [0.5, 0.6) is 0 Å². The van der Waals surface area contributed by atoms with Gasteiger partial charge in [-0.05, 0) is 89.9 Å². The number of hydrogen-bond acceptors (Lipinski definition) is 10. The van der Waals surface area contributed by atoms with Crippen LogP contribution in [0.1, 0.15) is 303 Å². The van der Waals surface area contributed by atoms with Crippen LogP contribution in [0.25, 0.3) is 0 Å². The average molecular weight is 1180 g/mol. The van der Waals surface area contributed by atoms with Gasteiger partial charge >= 0.3 is 5.97 Å². The van der Waals surface area contributed by atoms with Crippen LogP contribution >= 0.6 is 0 Å². The van der Waals surface area contributed by atoms with E-state index in [1.165, 1.54) is 180 Å². The van der Waals surface area contributed by atoms with Crippen LogP contribution in [-0.4, -0.2) is 99.6 Å². The van der Waals surface area contributed by atoms with Crippen LogP contribution in [0.4, 0.5) is 0 Å². The molecule has 8 unspecified atom stereocenters. The Hall–Kier alpha value is -3.16. The molecular weight excluding hydrogens is 1050 g/mol. The molecule has 6 N–H and O–H groups in total. The Bertz CT molecular complexity index is 1690. The van der Waals surface area contributed by atoms with Crippen LogP contribution in [0.15, 0.2) is 85.1 Å². The van der Waals surface area contributed by atoms with Crippen LogP contribution in [0, 0.1) is 0 Å². The van der Waals surface area contributed by atoms with Crippen molar-refractivity contribution < 1.29 is 49.3 Å². The van der Waals surface area contributed by atoms with Crippen molar-refractivity contribution in [2.45, 2.75) is 352 Å². The smallest absolute Gasteiger partial charge is 0.306 e. The number of amides is 1. The minimum absolute atomic E-state index is 0.0431. The van der Waals surface area contributed by atoms with Crippen molar-refractivity contribution in [1.29, 1.82) is 0 Å². The quantitative estimate of drug-likeness (QED) is 0.0195. The molecule has 11 nitrogen and oxygen atoms in total. The summed E-state index contributed by atoms with van der Waals surface area (Å²) in [4.78, 5) is 26.6. The Morgan fingerprint density at radius 1 is 0.476 bits per heavy atom. The highest BCUT2D eigenvalue weighted by Crippen LogP contribution is 2.26. The van der Waals surface area contributed by atoms with Gasteiger partial charge in [0.1, 0.15) is 24.4 Å². The molecule has 0 saturated carbocycles. The van der Waals surface area contributed by atoms with Gasteiger partial charge in [0.05, 0.1) is 25.4 Å². The summed E-state index contributed by atoms with van der Waals surface area (Å²) in [6.45, 7) is 5.66.